The van der Waals surface area contributed by atoms with E-state index in [-0.39, 0.29) is 40.6 Å². The molecular weight excluding hydrogens is 374 g/mol. The maximum absolute atomic E-state index is 13.3. The van der Waals surface area contributed by atoms with E-state index in [1.54, 1.807) is 6.92 Å². The van der Waals surface area contributed by atoms with E-state index in [1.165, 1.54) is 0 Å². The molecule has 2 fully saturated rings. The van der Waals surface area contributed by atoms with Crippen molar-refractivity contribution in [1.82, 2.24) is 0 Å². The zero-order valence-corrected chi connectivity index (χ0v) is 16.5. The van der Waals surface area contributed by atoms with Crippen LogP contribution in [0.3, 0.4) is 0 Å². The number of hydrogen-bond donors (Lipinski definition) is 3. The van der Waals surface area contributed by atoms with Crippen LogP contribution in [-0.4, -0.2) is 46.8 Å². The molecule has 0 spiro atoms. The molecule has 1 aromatic rings. The molecule has 29 heavy (non-hydrogen) atoms. The summed E-state index contributed by atoms with van der Waals surface area (Å²) in [6.07, 6.45) is 1.33. The maximum atomic E-state index is 13.3. The van der Waals surface area contributed by atoms with Gasteiger partial charge in [-0.15, -0.1) is 0 Å². The molecular formula is C22H23NO6. The van der Waals surface area contributed by atoms with E-state index in [0.717, 1.165) is 11.3 Å². The summed E-state index contributed by atoms with van der Waals surface area (Å²) in [6.45, 7) is 1.72. The highest BCUT2D eigenvalue weighted by atomic mass is 16.3. The lowest BCUT2D eigenvalue weighted by Crippen LogP contribution is -2.47. The number of benzene rings is 1. The van der Waals surface area contributed by atoms with Gasteiger partial charge in [0.1, 0.15) is 11.5 Å². The number of aliphatic hydroxyl groups is 2. The third-order valence-electron chi connectivity index (χ3n) is 6.44. The van der Waals surface area contributed by atoms with Gasteiger partial charge in [0, 0.05) is 31.8 Å². The Morgan fingerprint density at radius 3 is 2.41 bits per heavy atom. The predicted molar refractivity (Wildman–Crippen MR) is 106 cm³/mol. The van der Waals surface area contributed by atoms with Gasteiger partial charge >= 0.3 is 0 Å². The smallest absolute Gasteiger partial charge is 0.180 e. The highest BCUT2D eigenvalue weighted by Crippen LogP contribution is 2.51. The fraction of sp³-hybridized carbons (Fsp3) is 0.409. The molecule has 7 heteroatoms. The van der Waals surface area contributed by atoms with Crippen molar-refractivity contribution in [2.24, 2.45) is 17.8 Å². The first-order chi connectivity index (χ1) is 13.7. The summed E-state index contributed by atoms with van der Waals surface area (Å²) < 4.78 is 0. The molecule has 3 N–H and O–H groups in total. The van der Waals surface area contributed by atoms with Gasteiger partial charge in [0.05, 0.1) is 23.3 Å². The lowest BCUT2D eigenvalue weighted by molar-refractivity contribution is -0.137. The van der Waals surface area contributed by atoms with E-state index < -0.39 is 29.2 Å². The second kappa shape index (κ2) is 6.47. The topological polar surface area (TPSA) is 115 Å². The average molecular weight is 397 g/mol. The van der Waals surface area contributed by atoms with Crippen LogP contribution >= 0.6 is 0 Å². The standard InChI is InChI=1S/C22H23NO6/c1-9-4-14(23(2)3)12-6-10-5-11-7-15(25)13(8-24)20(27)16(11)21(28)17(10)22(29)18(12)19(9)26/h4,8,10-11,16,24,26,29H,5-7H2,1-3H3/b13-8-. The van der Waals surface area contributed by atoms with Crippen molar-refractivity contribution < 1.29 is 29.7 Å². The van der Waals surface area contributed by atoms with Gasteiger partial charge in [0.25, 0.3) is 0 Å². The Balaban J connectivity index is 1.89. The number of phenols is 1. The Hall–Kier alpha value is -3.09. The number of aryl methyl sites for hydroxylation is 1. The number of rotatable bonds is 1. The van der Waals surface area contributed by atoms with E-state index in [1.807, 2.05) is 25.1 Å². The molecule has 0 aliphatic heterocycles. The molecule has 3 aliphatic carbocycles. The van der Waals surface area contributed by atoms with Gasteiger partial charge in [0.2, 0.25) is 0 Å². The highest BCUT2D eigenvalue weighted by Gasteiger charge is 2.52. The van der Waals surface area contributed by atoms with Crippen molar-refractivity contribution in [3.05, 3.63) is 40.2 Å². The van der Waals surface area contributed by atoms with Crippen LogP contribution < -0.4 is 4.90 Å². The van der Waals surface area contributed by atoms with Crippen LogP contribution in [0.4, 0.5) is 5.69 Å². The van der Waals surface area contributed by atoms with Crippen LogP contribution in [-0.2, 0) is 20.8 Å². The monoisotopic (exact) mass is 397 g/mol. The predicted octanol–water partition coefficient (Wildman–Crippen LogP) is 2.40. The first-order valence-electron chi connectivity index (χ1n) is 9.59. The largest absolute Gasteiger partial charge is 0.515 e. The number of allylic oxidation sites excluding steroid dienone is 2. The summed E-state index contributed by atoms with van der Waals surface area (Å²) in [4.78, 5) is 40.0. The Labute approximate surface area is 168 Å². The van der Waals surface area contributed by atoms with E-state index in [4.69, 9.17) is 0 Å². The molecule has 7 nitrogen and oxygen atoms in total. The molecule has 0 radical (unpaired) electrons. The van der Waals surface area contributed by atoms with Crippen molar-refractivity contribution in [2.45, 2.75) is 26.2 Å². The Morgan fingerprint density at radius 2 is 1.79 bits per heavy atom. The number of aromatic hydroxyl groups is 1. The molecule has 0 saturated heterocycles. The normalized spacial score (nSPS) is 27.6. The lowest BCUT2D eigenvalue weighted by atomic mass is 9.60. The lowest BCUT2D eigenvalue weighted by Gasteiger charge is -2.41. The summed E-state index contributed by atoms with van der Waals surface area (Å²) in [6, 6.07) is 1.84. The molecule has 3 unspecified atom stereocenters. The number of fused-ring (bicyclic) bond motifs is 3. The molecule has 0 heterocycles. The van der Waals surface area contributed by atoms with E-state index in [2.05, 4.69) is 0 Å². The Morgan fingerprint density at radius 1 is 1.10 bits per heavy atom. The Kier molecular flexibility index (Phi) is 4.29. The number of carbonyl (C=O) groups excluding carboxylic acids is 3. The molecule has 1 aromatic carbocycles. The van der Waals surface area contributed by atoms with Gasteiger partial charge in [-0.1, -0.05) is 0 Å². The number of carbonyl (C=O) groups is 3. The van der Waals surface area contributed by atoms with Crippen molar-refractivity contribution >= 4 is 28.8 Å². The molecule has 2 saturated carbocycles. The Bertz CT molecular complexity index is 1030. The average Bonchev–Trinajstić information content (AvgIpc) is 2.63. The third-order valence-corrected chi connectivity index (χ3v) is 6.44. The fourth-order valence-electron chi connectivity index (χ4n) is 5.09. The number of Topliss-reactive ketones (excluding diaryl/α,β-unsaturated/α-hetero) is 3. The maximum Gasteiger partial charge on any atom is 0.180 e. The number of hydrogen-bond acceptors (Lipinski definition) is 7. The summed E-state index contributed by atoms with van der Waals surface area (Å²) in [5, 5.41) is 30.9. The van der Waals surface area contributed by atoms with Crippen molar-refractivity contribution in [1.29, 1.82) is 0 Å². The molecule has 4 rings (SSSR count). The zero-order chi connectivity index (χ0) is 21.2. The summed E-state index contributed by atoms with van der Waals surface area (Å²) in [5.74, 6) is -3.89. The molecule has 0 amide bonds. The van der Waals surface area contributed by atoms with E-state index in [9.17, 15) is 29.7 Å². The van der Waals surface area contributed by atoms with Crippen LogP contribution in [0.1, 0.15) is 29.5 Å². The first-order valence-corrected chi connectivity index (χ1v) is 9.59. The van der Waals surface area contributed by atoms with Gasteiger partial charge in [0.15, 0.2) is 17.3 Å². The minimum Gasteiger partial charge on any atom is -0.515 e. The van der Waals surface area contributed by atoms with Gasteiger partial charge in [-0.3, -0.25) is 14.4 Å². The van der Waals surface area contributed by atoms with Crippen LogP contribution in [0.2, 0.25) is 0 Å². The number of phenolic OH excluding ortho intramolecular Hbond substituents is 1. The fourth-order valence-corrected chi connectivity index (χ4v) is 5.09. The highest BCUT2D eigenvalue weighted by molar-refractivity contribution is 6.30. The number of ketones is 3. The molecule has 0 bridgehead atoms. The van der Waals surface area contributed by atoms with Crippen LogP contribution in [0.5, 0.6) is 5.75 Å². The van der Waals surface area contributed by atoms with Crippen LogP contribution in [0, 0.1) is 24.7 Å². The molecule has 3 aliphatic rings. The van der Waals surface area contributed by atoms with E-state index >= 15 is 0 Å². The SMILES string of the molecule is Cc1cc(N(C)C)c2c(c1O)C(O)=C1C(=O)C3C(=O)/C(=C\O)C(=O)CC3CC1C2. The van der Waals surface area contributed by atoms with Gasteiger partial charge in [-0.2, -0.15) is 0 Å². The van der Waals surface area contributed by atoms with Gasteiger partial charge in [-0.05, 0) is 48.8 Å². The number of anilines is 1. The minimum atomic E-state index is -1.08. The van der Waals surface area contributed by atoms with Crippen molar-refractivity contribution in [2.75, 3.05) is 19.0 Å². The zero-order valence-electron chi connectivity index (χ0n) is 16.5. The molecule has 152 valence electrons. The first kappa shape index (κ1) is 19.2. The summed E-state index contributed by atoms with van der Waals surface area (Å²) in [7, 11) is 3.73. The summed E-state index contributed by atoms with van der Waals surface area (Å²) in [5.41, 5.74) is 2.19. The van der Waals surface area contributed by atoms with Gasteiger partial charge in [-0.25, -0.2) is 0 Å². The van der Waals surface area contributed by atoms with Gasteiger partial charge < -0.3 is 20.2 Å². The minimum absolute atomic E-state index is 0.0195. The van der Waals surface area contributed by atoms with Crippen molar-refractivity contribution in [3.63, 3.8) is 0 Å². The van der Waals surface area contributed by atoms with E-state index in [0.29, 0.717) is 24.7 Å². The second-order valence-corrected chi connectivity index (χ2v) is 8.34. The quantitative estimate of drug-likeness (QED) is 0.288. The second-order valence-electron chi connectivity index (χ2n) is 8.34. The number of aliphatic hydroxyl groups excluding tert-OH is 2. The third kappa shape index (κ3) is 2.60. The van der Waals surface area contributed by atoms with Crippen LogP contribution in [0.25, 0.3) is 5.76 Å². The number of nitrogens with zero attached hydrogens (tertiary/aromatic N) is 1. The van der Waals surface area contributed by atoms with Crippen LogP contribution in [0.15, 0.2) is 23.5 Å². The summed E-state index contributed by atoms with van der Waals surface area (Å²) >= 11 is 0. The molecule has 3 atom stereocenters. The molecule has 0 aromatic heterocycles. The van der Waals surface area contributed by atoms with Crippen molar-refractivity contribution in [3.8, 4) is 5.75 Å².